The summed E-state index contributed by atoms with van der Waals surface area (Å²) >= 11 is 0. The van der Waals surface area contributed by atoms with Gasteiger partial charge in [0.1, 0.15) is 11.9 Å². The maximum Gasteiger partial charge on any atom is 0.238 e. The Morgan fingerprint density at radius 1 is 1.08 bits per heavy atom. The van der Waals surface area contributed by atoms with Crippen LogP contribution < -0.4 is 15.4 Å². The number of methoxy groups -OCH3 is 1. The number of carbonyl (C=O) groups excluding carboxylic acids is 1. The minimum absolute atomic E-state index is 0. The van der Waals surface area contributed by atoms with Gasteiger partial charge in [-0.1, -0.05) is 42.5 Å². The summed E-state index contributed by atoms with van der Waals surface area (Å²) < 4.78 is 11.0. The average molecular weight is 365 g/mol. The number of hydrogen-bond donors (Lipinski definition) is 2. The van der Waals surface area contributed by atoms with Gasteiger partial charge < -0.3 is 20.1 Å². The van der Waals surface area contributed by atoms with Crippen molar-refractivity contribution in [2.45, 2.75) is 13.0 Å². The third-order valence-corrected chi connectivity index (χ3v) is 3.50. The summed E-state index contributed by atoms with van der Waals surface area (Å²) in [5, 5.41) is 5.89. The fraction of sp³-hybridized carbons (Fsp3) is 0.316. The van der Waals surface area contributed by atoms with Crippen molar-refractivity contribution in [2.75, 3.05) is 32.1 Å². The molecule has 2 aromatic carbocycles. The summed E-state index contributed by atoms with van der Waals surface area (Å²) in [5.41, 5.74) is 1.75. The zero-order chi connectivity index (χ0) is 17.2. The Labute approximate surface area is 155 Å². The highest BCUT2D eigenvalue weighted by molar-refractivity contribution is 5.93. The van der Waals surface area contributed by atoms with Crippen LogP contribution in [0.4, 0.5) is 5.69 Å². The number of ether oxygens (including phenoxy) is 2. The summed E-state index contributed by atoms with van der Waals surface area (Å²) in [6.45, 7) is 3.42. The summed E-state index contributed by atoms with van der Waals surface area (Å²) in [6.07, 6.45) is -0.107. The van der Waals surface area contributed by atoms with E-state index in [-0.39, 0.29) is 31.0 Å². The van der Waals surface area contributed by atoms with E-state index >= 15 is 0 Å². The van der Waals surface area contributed by atoms with Crippen LogP contribution in [-0.2, 0) is 9.53 Å². The van der Waals surface area contributed by atoms with E-state index in [9.17, 15) is 4.79 Å². The zero-order valence-electron chi connectivity index (χ0n) is 14.5. The smallest absolute Gasteiger partial charge is 0.238 e. The lowest BCUT2D eigenvalue weighted by Crippen LogP contribution is -2.30. The molecule has 2 N–H and O–H groups in total. The van der Waals surface area contributed by atoms with Crippen molar-refractivity contribution in [1.29, 1.82) is 0 Å². The third kappa shape index (κ3) is 7.13. The van der Waals surface area contributed by atoms with Gasteiger partial charge in [-0.15, -0.1) is 12.4 Å². The van der Waals surface area contributed by atoms with Crippen molar-refractivity contribution in [3.8, 4) is 5.75 Å². The second kappa shape index (κ2) is 11.5. The predicted molar refractivity (Wildman–Crippen MR) is 103 cm³/mol. The second-order valence-corrected chi connectivity index (χ2v) is 5.38. The number of amides is 1. The van der Waals surface area contributed by atoms with Gasteiger partial charge in [0.05, 0.1) is 18.8 Å². The Balaban J connectivity index is 0.00000312. The van der Waals surface area contributed by atoms with Gasteiger partial charge in [-0.3, -0.25) is 4.79 Å². The van der Waals surface area contributed by atoms with Gasteiger partial charge in [-0.2, -0.15) is 0 Å². The molecule has 1 unspecified atom stereocenters. The van der Waals surface area contributed by atoms with E-state index in [1.807, 2.05) is 61.5 Å². The molecule has 1 atom stereocenters. The number of anilines is 1. The molecule has 136 valence electrons. The highest BCUT2D eigenvalue weighted by Crippen LogP contribution is 2.28. The van der Waals surface area contributed by atoms with Gasteiger partial charge in [0, 0.05) is 13.7 Å². The number of nitrogens with one attached hydrogen (secondary N) is 2. The molecule has 0 aliphatic carbocycles. The van der Waals surface area contributed by atoms with Crippen molar-refractivity contribution >= 4 is 24.0 Å². The fourth-order valence-corrected chi connectivity index (χ4v) is 2.23. The third-order valence-electron chi connectivity index (χ3n) is 3.50. The fourth-order valence-electron chi connectivity index (χ4n) is 2.23. The molecule has 0 radical (unpaired) electrons. The van der Waals surface area contributed by atoms with Crippen molar-refractivity contribution in [3.05, 3.63) is 60.2 Å². The van der Waals surface area contributed by atoms with E-state index in [2.05, 4.69) is 10.6 Å². The van der Waals surface area contributed by atoms with Crippen molar-refractivity contribution < 1.29 is 14.3 Å². The van der Waals surface area contributed by atoms with Crippen LogP contribution >= 0.6 is 12.4 Å². The number of halogens is 1. The largest absolute Gasteiger partial charge is 0.484 e. The molecule has 0 spiro atoms. The summed E-state index contributed by atoms with van der Waals surface area (Å²) in [4.78, 5) is 12.0. The first-order chi connectivity index (χ1) is 11.7. The first-order valence-electron chi connectivity index (χ1n) is 8.01. The van der Waals surface area contributed by atoms with Crippen LogP contribution in [-0.4, -0.2) is 32.7 Å². The van der Waals surface area contributed by atoms with Gasteiger partial charge in [0.2, 0.25) is 5.91 Å². The van der Waals surface area contributed by atoms with E-state index in [0.29, 0.717) is 24.6 Å². The number of para-hydroxylation sites is 2. The van der Waals surface area contributed by atoms with Crippen LogP contribution in [0.1, 0.15) is 18.6 Å². The van der Waals surface area contributed by atoms with Gasteiger partial charge in [-0.25, -0.2) is 0 Å². The van der Waals surface area contributed by atoms with E-state index in [4.69, 9.17) is 9.47 Å². The minimum atomic E-state index is -0.116. The minimum Gasteiger partial charge on any atom is -0.484 e. The molecular formula is C19H25ClN2O3. The van der Waals surface area contributed by atoms with E-state index in [0.717, 1.165) is 5.56 Å². The molecule has 0 saturated heterocycles. The first kappa shape index (κ1) is 21.0. The molecular weight excluding hydrogens is 340 g/mol. The molecule has 2 aromatic rings. The highest BCUT2D eigenvalue weighted by Gasteiger charge is 2.11. The molecule has 0 fully saturated rings. The van der Waals surface area contributed by atoms with Gasteiger partial charge >= 0.3 is 0 Å². The number of rotatable bonds is 9. The van der Waals surface area contributed by atoms with Crippen LogP contribution in [0, 0.1) is 0 Å². The Morgan fingerprint density at radius 2 is 1.76 bits per heavy atom. The predicted octanol–water partition coefficient (Wildman–Crippen LogP) is 3.42. The molecule has 0 aromatic heterocycles. The molecule has 0 aliphatic rings. The maximum absolute atomic E-state index is 12.0. The normalized spacial score (nSPS) is 11.3. The zero-order valence-corrected chi connectivity index (χ0v) is 15.3. The molecule has 0 saturated carbocycles. The quantitative estimate of drug-likeness (QED) is 0.669. The molecule has 6 heteroatoms. The van der Waals surface area contributed by atoms with Crippen molar-refractivity contribution in [2.24, 2.45) is 0 Å². The second-order valence-electron chi connectivity index (χ2n) is 5.38. The summed E-state index contributed by atoms with van der Waals surface area (Å²) in [5.74, 6) is 0.536. The first-order valence-corrected chi connectivity index (χ1v) is 8.01. The molecule has 2 rings (SSSR count). The molecule has 1 amide bonds. The lowest BCUT2D eigenvalue weighted by atomic mass is 10.1. The molecule has 0 heterocycles. The van der Waals surface area contributed by atoms with Crippen LogP contribution in [0.15, 0.2) is 54.6 Å². The van der Waals surface area contributed by atoms with Crippen molar-refractivity contribution in [3.63, 3.8) is 0 Å². The molecule has 25 heavy (non-hydrogen) atoms. The SMILES string of the molecule is COCCNCC(=O)Nc1ccccc1OC(C)c1ccccc1.Cl. The lowest BCUT2D eigenvalue weighted by Gasteiger charge is -2.18. The standard InChI is InChI=1S/C19H24N2O3.ClH/c1-15(16-8-4-3-5-9-16)24-18-11-7-6-10-17(18)21-19(22)14-20-12-13-23-2;/h3-11,15,20H,12-14H2,1-2H3,(H,21,22);1H. The van der Waals surface area contributed by atoms with Crippen LogP contribution in [0.25, 0.3) is 0 Å². The summed E-state index contributed by atoms with van der Waals surface area (Å²) in [7, 11) is 1.63. The van der Waals surface area contributed by atoms with Crippen molar-refractivity contribution in [1.82, 2.24) is 5.32 Å². The van der Waals surface area contributed by atoms with E-state index in [1.165, 1.54) is 0 Å². The van der Waals surface area contributed by atoms with Crippen LogP contribution in [0.5, 0.6) is 5.75 Å². The number of carbonyl (C=O) groups is 1. The maximum atomic E-state index is 12.0. The van der Waals surface area contributed by atoms with E-state index in [1.54, 1.807) is 7.11 Å². The lowest BCUT2D eigenvalue weighted by molar-refractivity contribution is -0.115. The Bertz CT molecular complexity index is 638. The van der Waals surface area contributed by atoms with Crippen LogP contribution in [0.3, 0.4) is 0 Å². The Hall–Kier alpha value is -2.08. The molecule has 0 aliphatic heterocycles. The number of hydrogen-bond acceptors (Lipinski definition) is 4. The Kier molecular flexibility index (Phi) is 9.62. The molecule has 0 bridgehead atoms. The monoisotopic (exact) mass is 364 g/mol. The van der Waals surface area contributed by atoms with Gasteiger partial charge in [0.15, 0.2) is 0 Å². The average Bonchev–Trinajstić information content (AvgIpc) is 2.61. The highest BCUT2D eigenvalue weighted by atomic mass is 35.5. The van der Waals surface area contributed by atoms with E-state index < -0.39 is 0 Å². The topological polar surface area (TPSA) is 59.6 Å². The molecule has 5 nitrogen and oxygen atoms in total. The van der Waals surface area contributed by atoms with Gasteiger partial charge in [0.25, 0.3) is 0 Å². The number of benzene rings is 2. The Morgan fingerprint density at radius 3 is 2.48 bits per heavy atom. The summed E-state index contributed by atoms with van der Waals surface area (Å²) in [6, 6.07) is 17.4. The van der Waals surface area contributed by atoms with Gasteiger partial charge in [-0.05, 0) is 24.6 Å². The van der Waals surface area contributed by atoms with Crippen LogP contribution in [0.2, 0.25) is 0 Å².